The molecule has 0 radical (unpaired) electrons. The van der Waals surface area contributed by atoms with Crippen molar-refractivity contribution in [1.29, 1.82) is 0 Å². The Balaban J connectivity index is 1.32. The lowest BCUT2D eigenvalue weighted by Crippen LogP contribution is -2.34. The van der Waals surface area contributed by atoms with E-state index in [4.69, 9.17) is 14.7 Å². The zero-order valence-corrected chi connectivity index (χ0v) is 27.5. The number of nitrogens with one attached hydrogen (secondary N) is 2. The number of hydrogen-bond acceptors (Lipinski definition) is 8. The third-order valence-electron chi connectivity index (χ3n) is 7.44. The summed E-state index contributed by atoms with van der Waals surface area (Å²) in [4.78, 5) is 16.3. The quantitative estimate of drug-likeness (QED) is 0.135. The fraction of sp³-hybridized carbons (Fsp3) is 0.312. The molecule has 2 heterocycles. The number of rotatable bonds is 9. The van der Waals surface area contributed by atoms with E-state index in [1.165, 1.54) is 11.1 Å². The zero-order chi connectivity index (χ0) is 29.6. The van der Waals surface area contributed by atoms with Gasteiger partial charge in [-0.05, 0) is 112 Å². The molecule has 1 saturated heterocycles. The molecule has 218 valence electrons. The number of hydrogen-bond donors (Lipinski definition) is 2. The van der Waals surface area contributed by atoms with Gasteiger partial charge in [-0.15, -0.1) is 0 Å². The lowest BCUT2D eigenvalue weighted by atomic mass is 10.00. The monoisotopic (exact) mass is 691 g/mol. The Labute approximate surface area is 264 Å². The number of nitrogens with zero attached hydrogens (tertiary/aromatic N) is 5. The van der Waals surface area contributed by atoms with Crippen LogP contribution in [0.1, 0.15) is 47.6 Å². The van der Waals surface area contributed by atoms with E-state index in [9.17, 15) is 0 Å². The number of piperidine rings is 1. The van der Waals surface area contributed by atoms with Crippen molar-refractivity contribution in [2.24, 2.45) is 11.0 Å². The SMILES string of the molecule is Cc1ccc(COc2c(Br)cc(/C=N/Nc3nc(Nc4cccc(C)c4C)nc(N4CCC(C)CC4)n3)cc2Br)cc1. The third-order valence-corrected chi connectivity index (χ3v) is 8.62. The molecule has 4 aromatic rings. The molecule has 0 spiro atoms. The summed E-state index contributed by atoms with van der Waals surface area (Å²) >= 11 is 7.29. The fourth-order valence-corrected chi connectivity index (χ4v) is 6.07. The summed E-state index contributed by atoms with van der Waals surface area (Å²) in [5, 5.41) is 7.84. The van der Waals surface area contributed by atoms with Gasteiger partial charge in [-0.1, -0.05) is 48.9 Å². The molecular weight excluding hydrogens is 658 g/mol. The van der Waals surface area contributed by atoms with Crippen LogP contribution in [-0.2, 0) is 6.61 Å². The molecule has 1 fully saturated rings. The first-order valence-corrected chi connectivity index (χ1v) is 15.6. The van der Waals surface area contributed by atoms with E-state index in [0.29, 0.717) is 30.4 Å². The van der Waals surface area contributed by atoms with Crippen LogP contribution < -0.4 is 20.4 Å². The summed E-state index contributed by atoms with van der Waals surface area (Å²) in [5.41, 5.74) is 9.54. The van der Waals surface area contributed by atoms with Crippen LogP contribution >= 0.6 is 31.9 Å². The second-order valence-electron chi connectivity index (χ2n) is 10.8. The first-order chi connectivity index (χ1) is 20.2. The molecule has 0 atom stereocenters. The van der Waals surface area contributed by atoms with Gasteiger partial charge in [0.15, 0.2) is 0 Å². The molecule has 1 aromatic heterocycles. The van der Waals surface area contributed by atoms with Gasteiger partial charge in [0.05, 0.1) is 15.2 Å². The lowest BCUT2D eigenvalue weighted by Gasteiger charge is -2.30. The molecule has 8 nitrogen and oxygen atoms in total. The highest BCUT2D eigenvalue weighted by Gasteiger charge is 2.20. The van der Waals surface area contributed by atoms with Gasteiger partial charge >= 0.3 is 0 Å². The second kappa shape index (κ2) is 13.6. The number of anilines is 4. The summed E-state index contributed by atoms with van der Waals surface area (Å²) in [6.07, 6.45) is 3.95. The average Bonchev–Trinajstić information content (AvgIpc) is 2.96. The normalized spacial score (nSPS) is 13.9. The van der Waals surface area contributed by atoms with Crippen molar-refractivity contribution < 1.29 is 4.74 Å². The number of ether oxygens (including phenoxy) is 1. The van der Waals surface area contributed by atoms with E-state index in [2.05, 4.69) is 116 Å². The van der Waals surface area contributed by atoms with Gasteiger partial charge in [0.2, 0.25) is 17.8 Å². The number of hydrazone groups is 1. The highest BCUT2D eigenvalue weighted by Crippen LogP contribution is 2.35. The van der Waals surface area contributed by atoms with E-state index >= 15 is 0 Å². The second-order valence-corrected chi connectivity index (χ2v) is 12.5. The van der Waals surface area contributed by atoms with Gasteiger partial charge in [-0.2, -0.15) is 20.1 Å². The topological polar surface area (TPSA) is 87.6 Å². The smallest absolute Gasteiger partial charge is 0.250 e. The van der Waals surface area contributed by atoms with Gasteiger partial charge < -0.3 is 15.0 Å². The van der Waals surface area contributed by atoms with Crippen LogP contribution in [-0.4, -0.2) is 34.3 Å². The molecule has 0 saturated carbocycles. The number of aryl methyl sites for hydroxylation is 2. The molecule has 0 amide bonds. The highest BCUT2D eigenvalue weighted by molar-refractivity contribution is 9.11. The van der Waals surface area contributed by atoms with Crippen LogP contribution in [0.4, 0.5) is 23.5 Å². The molecule has 0 unspecified atom stereocenters. The van der Waals surface area contributed by atoms with Gasteiger partial charge in [0, 0.05) is 18.8 Å². The standard InChI is InChI=1S/C32H35Br2N7O/c1-20-8-10-24(11-9-20)19-42-29-26(33)16-25(17-27(29)34)18-35-40-31-37-30(36-28-7-5-6-22(3)23(28)4)38-32(39-31)41-14-12-21(2)13-15-41/h5-11,16-18,21H,12-15,19H2,1-4H3,(H2,36,37,38,39,40)/b35-18+. The average molecular weight is 693 g/mol. The van der Waals surface area contributed by atoms with E-state index in [-0.39, 0.29) is 0 Å². The van der Waals surface area contributed by atoms with Crippen LogP contribution in [0.25, 0.3) is 0 Å². The maximum absolute atomic E-state index is 6.08. The Morgan fingerprint density at radius 1 is 0.952 bits per heavy atom. The molecule has 0 bridgehead atoms. The van der Waals surface area contributed by atoms with Crippen molar-refractivity contribution in [3.05, 3.63) is 91.4 Å². The molecule has 2 N–H and O–H groups in total. The first kappa shape index (κ1) is 30.0. The van der Waals surface area contributed by atoms with Crippen LogP contribution in [0.2, 0.25) is 0 Å². The zero-order valence-electron chi connectivity index (χ0n) is 24.3. The fourth-order valence-electron chi connectivity index (χ4n) is 4.62. The molecule has 10 heteroatoms. The number of halogens is 2. The maximum atomic E-state index is 6.08. The molecular formula is C32H35Br2N7O. The van der Waals surface area contributed by atoms with Gasteiger partial charge in [0.1, 0.15) is 12.4 Å². The minimum atomic E-state index is 0.374. The van der Waals surface area contributed by atoms with Gasteiger partial charge in [-0.3, -0.25) is 0 Å². The number of aromatic nitrogens is 3. The summed E-state index contributed by atoms with van der Waals surface area (Å²) in [6.45, 7) is 10.8. The molecule has 1 aliphatic heterocycles. The molecule has 1 aliphatic rings. The van der Waals surface area contributed by atoms with Crippen molar-refractivity contribution in [3.63, 3.8) is 0 Å². The highest BCUT2D eigenvalue weighted by atomic mass is 79.9. The van der Waals surface area contributed by atoms with Crippen molar-refractivity contribution >= 4 is 61.6 Å². The Morgan fingerprint density at radius 3 is 2.36 bits per heavy atom. The first-order valence-electron chi connectivity index (χ1n) is 14.1. The molecule has 0 aliphatic carbocycles. The van der Waals surface area contributed by atoms with Gasteiger partial charge in [0.25, 0.3) is 0 Å². The van der Waals surface area contributed by atoms with Crippen molar-refractivity contribution in [2.45, 2.75) is 47.1 Å². The maximum Gasteiger partial charge on any atom is 0.250 e. The van der Waals surface area contributed by atoms with Crippen LogP contribution in [0.15, 0.2) is 68.6 Å². The van der Waals surface area contributed by atoms with Crippen molar-refractivity contribution in [2.75, 3.05) is 28.7 Å². The summed E-state index contributed by atoms with van der Waals surface area (Å²) in [7, 11) is 0. The Hall–Kier alpha value is -3.50. The third kappa shape index (κ3) is 7.66. The Kier molecular flexibility index (Phi) is 9.74. The van der Waals surface area contributed by atoms with Crippen LogP contribution in [0.5, 0.6) is 5.75 Å². The Morgan fingerprint density at radius 2 is 1.64 bits per heavy atom. The molecule has 42 heavy (non-hydrogen) atoms. The van der Waals surface area contributed by atoms with Crippen LogP contribution in [0.3, 0.4) is 0 Å². The molecule has 5 rings (SSSR count). The van der Waals surface area contributed by atoms with Crippen molar-refractivity contribution in [3.8, 4) is 5.75 Å². The predicted octanol–water partition coefficient (Wildman–Crippen LogP) is 8.33. The van der Waals surface area contributed by atoms with E-state index < -0.39 is 0 Å². The molecule has 3 aromatic carbocycles. The summed E-state index contributed by atoms with van der Waals surface area (Å²) < 4.78 is 7.74. The van der Waals surface area contributed by atoms with Crippen LogP contribution in [0, 0.1) is 26.7 Å². The minimum absolute atomic E-state index is 0.374. The lowest BCUT2D eigenvalue weighted by molar-refractivity contribution is 0.302. The summed E-state index contributed by atoms with van der Waals surface area (Å²) in [5.74, 6) is 2.93. The Bertz CT molecular complexity index is 1550. The minimum Gasteiger partial charge on any atom is -0.487 e. The largest absolute Gasteiger partial charge is 0.487 e. The van der Waals surface area contributed by atoms with E-state index in [1.807, 2.05) is 24.3 Å². The summed E-state index contributed by atoms with van der Waals surface area (Å²) in [6, 6.07) is 18.4. The van der Waals surface area contributed by atoms with E-state index in [0.717, 1.165) is 63.0 Å². The predicted molar refractivity (Wildman–Crippen MR) is 178 cm³/mol. The number of benzene rings is 3. The van der Waals surface area contributed by atoms with Gasteiger partial charge in [-0.25, -0.2) is 5.43 Å². The van der Waals surface area contributed by atoms with E-state index in [1.54, 1.807) is 6.21 Å². The van der Waals surface area contributed by atoms with Crippen molar-refractivity contribution in [1.82, 2.24) is 15.0 Å².